The van der Waals surface area contributed by atoms with E-state index < -0.39 is 0 Å². The summed E-state index contributed by atoms with van der Waals surface area (Å²) in [6.07, 6.45) is 8.94. The van der Waals surface area contributed by atoms with Crippen molar-refractivity contribution in [2.24, 2.45) is 0 Å². The van der Waals surface area contributed by atoms with Crippen molar-refractivity contribution < 1.29 is 4.74 Å². The van der Waals surface area contributed by atoms with Crippen molar-refractivity contribution in [1.29, 1.82) is 0 Å². The number of methoxy groups -OCH3 is 1. The number of ether oxygens (including phenoxy) is 1. The third-order valence-electron chi connectivity index (χ3n) is 1.67. The van der Waals surface area contributed by atoms with Gasteiger partial charge in [0.15, 0.2) is 0 Å². The minimum absolute atomic E-state index is 1.05. The molecule has 58 valence electrons. The standard InChI is InChI=1S/C10H12O/c1-9-3-5-10(6-4-9)7-8-11-2/h3,5H,4,6H2,1-2H3. The molecule has 0 heterocycles. The van der Waals surface area contributed by atoms with Gasteiger partial charge in [-0.25, -0.2) is 0 Å². The summed E-state index contributed by atoms with van der Waals surface area (Å²) in [6.45, 7) is 2.14. The molecule has 0 saturated carbocycles. The second-order valence-corrected chi connectivity index (χ2v) is 2.64. The molecule has 0 aliphatic heterocycles. The van der Waals surface area contributed by atoms with E-state index in [1.165, 1.54) is 5.57 Å². The van der Waals surface area contributed by atoms with Crippen LogP contribution in [0.1, 0.15) is 19.8 Å². The summed E-state index contributed by atoms with van der Waals surface area (Å²) < 4.78 is 4.65. The number of allylic oxidation sites excluding steroid dienone is 4. The van der Waals surface area contributed by atoms with E-state index in [-0.39, 0.29) is 0 Å². The van der Waals surface area contributed by atoms with Gasteiger partial charge in [0.05, 0.1) is 7.11 Å². The highest BCUT2D eigenvalue weighted by Crippen LogP contribution is 2.16. The summed E-state index contributed by atoms with van der Waals surface area (Å²) in [5, 5.41) is 0. The molecule has 0 amide bonds. The van der Waals surface area contributed by atoms with Crippen molar-refractivity contribution in [2.45, 2.75) is 19.8 Å². The molecule has 1 aliphatic rings. The van der Waals surface area contributed by atoms with Gasteiger partial charge >= 0.3 is 0 Å². The zero-order valence-electron chi connectivity index (χ0n) is 6.98. The van der Waals surface area contributed by atoms with Gasteiger partial charge in [-0.3, -0.25) is 0 Å². The maximum atomic E-state index is 4.65. The molecule has 0 spiro atoms. The van der Waals surface area contributed by atoms with E-state index in [2.05, 4.69) is 35.8 Å². The Morgan fingerprint density at radius 3 is 2.73 bits per heavy atom. The lowest BCUT2D eigenvalue weighted by Gasteiger charge is -2.05. The van der Waals surface area contributed by atoms with Gasteiger partial charge in [-0.1, -0.05) is 17.7 Å². The molecule has 1 nitrogen and oxygen atoms in total. The Hall–Kier alpha value is -1.16. The maximum Gasteiger partial charge on any atom is 0.114 e. The quantitative estimate of drug-likeness (QED) is 0.479. The number of rotatable bonds is 0. The Balaban J connectivity index is 2.61. The summed E-state index contributed by atoms with van der Waals surface area (Å²) in [6, 6.07) is 0. The number of hydrogen-bond donors (Lipinski definition) is 0. The Kier molecular flexibility index (Phi) is 2.80. The molecule has 0 bridgehead atoms. The average molecular weight is 148 g/mol. The lowest BCUT2D eigenvalue weighted by molar-refractivity contribution is 0.372. The third-order valence-corrected chi connectivity index (χ3v) is 1.67. The molecule has 0 saturated heterocycles. The van der Waals surface area contributed by atoms with Crippen LogP contribution in [0.15, 0.2) is 23.3 Å². The largest absolute Gasteiger partial charge is 0.450 e. The zero-order chi connectivity index (χ0) is 8.10. The van der Waals surface area contributed by atoms with Crippen LogP contribution in [-0.2, 0) is 4.74 Å². The van der Waals surface area contributed by atoms with E-state index in [0.29, 0.717) is 0 Å². The van der Waals surface area contributed by atoms with Crippen LogP contribution in [-0.4, -0.2) is 7.11 Å². The highest BCUT2D eigenvalue weighted by atomic mass is 16.5. The van der Waals surface area contributed by atoms with Crippen molar-refractivity contribution >= 4 is 0 Å². The fraction of sp³-hybridized carbons (Fsp3) is 0.400. The molecule has 0 fully saturated rings. The first-order valence-corrected chi connectivity index (χ1v) is 3.73. The van der Waals surface area contributed by atoms with Crippen LogP contribution in [0, 0.1) is 12.0 Å². The van der Waals surface area contributed by atoms with E-state index in [0.717, 1.165) is 18.4 Å². The summed E-state index contributed by atoms with van der Waals surface area (Å²) in [4.78, 5) is 0. The molecule has 0 radical (unpaired) electrons. The fourth-order valence-corrected chi connectivity index (χ4v) is 0.962. The SMILES string of the molecule is COC#CC1=CC=C(C)CC1. The maximum absolute atomic E-state index is 4.65. The van der Waals surface area contributed by atoms with Gasteiger partial charge in [-0.15, -0.1) is 0 Å². The molecule has 0 unspecified atom stereocenters. The van der Waals surface area contributed by atoms with Gasteiger partial charge in [-0.2, -0.15) is 0 Å². The lowest BCUT2D eigenvalue weighted by atomic mass is 10.0. The molecule has 11 heavy (non-hydrogen) atoms. The molecule has 1 rings (SSSR count). The molecular weight excluding hydrogens is 136 g/mol. The van der Waals surface area contributed by atoms with Gasteiger partial charge in [0, 0.05) is 5.57 Å². The molecule has 0 atom stereocenters. The van der Waals surface area contributed by atoms with Crippen LogP contribution in [0.25, 0.3) is 0 Å². The van der Waals surface area contributed by atoms with Crippen LogP contribution in [0.2, 0.25) is 0 Å². The average Bonchev–Trinajstić information content (AvgIpc) is 2.04. The molecule has 0 aromatic rings. The van der Waals surface area contributed by atoms with Crippen molar-refractivity contribution in [3.63, 3.8) is 0 Å². The van der Waals surface area contributed by atoms with E-state index in [1.54, 1.807) is 7.11 Å². The monoisotopic (exact) mass is 148 g/mol. The molecule has 0 aromatic carbocycles. The summed E-state index contributed by atoms with van der Waals surface area (Å²) >= 11 is 0. The van der Waals surface area contributed by atoms with Gasteiger partial charge < -0.3 is 4.74 Å². The van der Waals surface area contributed by atoms with Gasteiger partial charge in [0.2, 0.25) is 0 Å². The number of hydrogen-bond acceptors (Lipinski definition) is 1. The van der Waals surface area contributed by atoms with E-state index >= 15 is 0 Å². The highest BCUT2D eigenvalue weighted by molar-refractivity contribution is 5.35. The normalized spacial score (nSPS) is 15.8. The van der Waals surface area contributed by atoms with Crippen LogP contribution in [0.5, 0.6) is 0 Å². The minimum atomic E-state index is 1.05. The molecular formula is C10H12O. The Bertz CT molecular complexity index is 248. The lowest BCUT2D eigenvalue weighted by Crippen LogP contribution is -1.88. The molecule has 1 heteroatoms. The first-order chi connectivity index (χ1) is 5.33. The Labute approximate surface area is 67.8 Å². The minimum Gasteiger partial charge on any atom is -0.450 e. The third kappa shape index (κ3) is 2.51. The van der Waals surface area contributed by atoms with Crippen molar-refractivity contribution in [3.8, 4) is 12.0 Å². The van der Waals surface area contributed by atoms with E-state index in [9.17, 15) is 0 Å². The smallest absolute Gasteiger partial charge is 0.114 e. The molecule has 1 aliphatic carbocycles. The second-order valence-electron chi connectivity index (χ2n) is 2.64. The van der Waals surface area contributed by atoms with Crippen LogP contribution in [0.3, 0.4) is 0 Å². The second kappa shape index (κ2) is 3.88. The van der Waals surface area contributed by atoms with E-state index in [1.807, 2.05) is 0 Å². The van der Waals surface area contributed by atoms with Crippen LogP contribution >= 0.6 is 0 Å². The van der Waals surface area contributed by atoms with Crippen molar-refractivity contribution in [3.05, 3.63) is 23.3 Å². The molecule has 0 aromatic heterocycles. The summed E-state index contributed by atoms with van der Waals surface area (Å²) in [7, 11) is 1.58. The molecule has 0 N–H and O–H groups in total. The predicted octanol–water partition coefficient (Wildman–Crippen LogP) is 2.26. The van der Waals surface area contributed by atoms with E-state index in [4.69, 9.17) is 0 Å². The summed E-state index contributed by atoms with van der Waals surface area (Å²) in [5.74, 6) is 2.94. The van der Waals surface area contributed by atoms with Gasteiger partial charge in [0.1, 0.15) is 6.11 Å². The first-order valence-electron chi connectivity index (χ1n) is 3.73. The fourth-order valence-electron chi connectivity index (χ4n) is 0.962. The van der Waals surface area contributed by atoms with Crippen LogP contribution in [0.4, 0.5) is 0 Å². The zero-order valence-corrected chi connectivity index (χ0v) is 6.98. The summed E-state index contributed by atoms with van der Waals surface area (Å²) in [5.41, 5.74) is 2.59. The Morgan fingerprint density at radius 1 is 1.36 bits per heavy atom. The topological polar surface area (TPSA) is 9.23 Å². The van der Waals surface area contributed by atoms with Gasteiger partial charge in [-0.05, 0) is 25.7 Å². The first kappa shape index (κ1) is 7.94. The highest BCUT2D eigenvalue weighted by Gasteiger charge is 1.99. The Morgan fingerprint density at radius 2 is 2.18 bits per heavy atom. The predicted molar refractivity (Wildman–Crippen MR) is 45.9 cm³/mol. The van der Waals surface area contributed by atoms with Gasteiger partial charge in [0.25, 0.3) is 0 Å². The van der Waals surface area contributed by atoms with Crippen LogP contribution < -0.4 is 0 Å². The van der Waals surface area contributed by atoms with Crippen molar-refractivity contribution in [2.75, 3.05) is 7.11 Å². The van der Waals surface area contributed by atoms with Crippen molar-refractivity contribution in [1.82, 2.24) is 0 Å².